The van der Waals surface area contributed by atoms with Crippen LogP contribution in [0.2, 0.25) is 0 Å². The summed E-state index contributed by atoms with van der Waals surface area (Å²) in [5.41, 5.74) is 0.766. The summed E-state index contributed by atoms with van der Waals surface area (Å²) in [4.78, 5) is 11.9. The van der Waals surface area contributed by atoms with Gasteiger partial charge in [0, 0.05) is 12.1 Å². The standard InChI is InChI=1S/C16H25NO3/c1-5-16(4,19)11-17-15(18)14-8-6-13(7-9-14)10-20-12(2)3/h6-9,12,19H,5,10-11H2,1-4H3,(H,17,18). The summed E-state index contributed by atoms with van der Waals surface area (Å²) < 4.78 is 5.50. The summed E-state index contributed by atoms with van der Waals surface area (Å²) in [5, 5.41) is 12.6. The molecule has 4 nitrogen and oxygen atoms in total. The Labute approximate surface area is 121 Å². The Bertz CT molecular complexity index is 424. The van der Waals surface area contributed by atoms with E-state index in [-0.39, 0.29) is 18.6 Å². The van der Waals surface area contributed by atoms with Crippen molar-refractivity contribution >= 4 is 5.91 Å². The van der Waals surface area contributed by atoms with E-state index in [0.717, 1.165) is 5.56 Å². The highest BCUT2D eigenvalue weighted by Crippen LogP contribution is 2.09. The first-order valence-electron chi connectivity index (χ1n) is 7.05. The Balaban J connectivity index is 2.53. The van der Waals surface area contributed by atoms with E-state index in [4.69, 9.17) is 4.74 Å². The van der Waals surface area contributed by atoms with Gasteiger partial charge >= 0.3 is 0 Å². The average Bonchev–Trinajstić information content (AvgIpc) is 2.43. The van der Waals surface area contributed by atoms with Crippen molar-refractivity contribution in [2.45, 2.75) is 52.4 Å². The number of rotatable bonds is 7. The zero-order valence-electron chi connectivity index (χ0n) is 12.8. The van der Waals surface area contributed by atoms with Gasteiger partial charge in [0.1, 0.15) is 0 Å². The summed E-state index contributed by atoms with van der Waals surface area (Å²) in [6.07, 6.45) is 0.785. The van der Waals surface area contributed by atoms with Crippen LogP contribution in [0.5, 0.6) is 0 Å². The minimum absolute atomic E-state index is 0.171. The summed E-state index contributed by atoms with van der Waals surface area (Å²) >= 11 is 0. The summed E-state index contributed by atoms with van der Waals surface area (Å²) in [6, 6.07) is 7.31. The predicted octanol–water partition coefficient (Wildman–Crippen LogP) is 2.50. The average molecular weight is 279 g/mol. The first-order chi connectivity index (χ1) is 9.34. The minimum Gasteiger partial charge on any atom is -0.388 e. The molecule has 0 aromatic heterocycles. The lowest BCUT2D eigenvalue weighted by molar-refractivity contribution is 0.0518. The van der Waals surface area contributed by atoms with Gasteiger partial charge in [-0.05, 0) is 44.9 Å². The molecule has 0 radical (unpaired) electrons. The fourth-order valence-electron chi connectivity index (χ4n) is 1.51. The fourth-order valence-corrected chi connectivity index (χ4v) is 1.51. The molecule has 1 atom stereocenters. The molecule has 0 spiro atoms. The second kappa shape index (κ2) is 7.41. The molecule has 1 amide bonds. The van der Waals surface area contributed by atoms with Crippen molar-refractivity contribution in [3.05, 3.63) is 35.4 Å². The molecule has 0 heterocycles. The highest BCUT2D eigenvalue weighted by molar-refractivity contribution is 5.94. The molecule has 0 aliphatic rings. The third kappa shape index (κ3) is 5.72. The number of ether oxygens (including phenoxy) is 1. The van der Waals surface area contributed by atoms with Crippen molar-refractivity contribution in [2.24, 2.45) is 0 Å². The normalized spacial score (nSPS) is 14.1. The van der Waals surface area contributed by atoms with Crippen LogP contribution in [-0.2, 0) is 11.3 Å². The highest BCUT2D eigenvalue weighted by Gasteiger charge is 2.18. The van der Waals surface area contributed by atoms with E-state index in [2.05, 4.69) is 5.32 Å². The number of amides is 1. The molecular weight excluding hydrogens is 254 g/mol. The van der Waals surface area contributed by atoms with Gasteiger partial charge < -0.3 is 15.2 Å². The van der Waals surface area contributed by atoms with Gasteiger partial charge in [0.2, 0.25) is 0 Å². The zero-order valence-corrected chi connectivity index (χ0v) is 12.8. The number of hydrogen-bond donors (Lipinski definition) is 2. The molecule has 0 aliphatic heterocycles. The van der Waals surface area contributed by atoms with Crippen LogP contribution < -0.4 is 5.32 Å². The van der Waals surface area contributed by atoms with E-state index >= 15 is 0 Å². The van der Waals surface area contributed by atoms with Gasteiger partial charge in [-0.2, -0.15) is 0 Å². The van der Waals surface area contributed by atoms with E-state index < -0.39 is 5.60 Å². The number of nitrogens with one attached hydrogen (secondary N) is 1. The van der Waals surface area contributed by atoms with Crippen molar-refractivity contribution in [3.63, 3.8) is 0 Å². The maximum Gasteiger partial charge on any atom is 0.251 e. The predicted molar refractivity (Wildman–Crippen MR) is 79.6 cm³/mol. The summed E-state index contributed by atoms with van der Waals surface area (Å²) in [7, 11) is 0. The van der Waals surface area contributed by atoms with Crippen molar-refractivity contribution in [2.75, 3.05) is 6.54 Å². The van der Waals surface area contributed by atoms with Crippen LogP contribution in [0.25, 0.3) is 0 Å². The highest BCUT2D eigenvalue weighted by atomic mass is 16.5. The lowest BCUT2D eigenvalue weighted by Crippen LogP contribution is -2.40. The SMILES string of the molecule is CCC(C)(O)CNC(=O)c1ccc(COC(C)C)cc1. The van der Waals surface area contributed by atoms with E-state index in [1.54, 1.807) is 19.1 Å². The molecule has 0 fully saturated rings. The Morgan fingerprint density at radius 1 is 1.35 bits per heavy atom. The van der Waals surface area contributed by atoms with E-state index in [1.807, 2.05) is 32.9 Å². The number of carbonyl (C=O) groups is 1. The molecule has 1 rings (SSSR count). The molecule has 0 saturated carbocycles. The number of hydrogen-bond acceptors (Lipinski definition) is 3. The van der Waals surface area contributed by atoms with Crippen LogP contribution in [0.3, 0.4) is 0 Å². The smallest absolute Gasteiger partial charge is 0.251 e. The van der Waals surface area contributed by atoms with Crippen LogP contribution in [0, 0.1) is 0 Å². The second-order valence-corrected chi connectivity index (χ2v) is 5.59. The Hall–Kier alpha value is -1.39. The van der Waals surface area contributed by atoms with Crippen molar-refractivity contribution < 1.29 is 14.6 Å². The summed E-state index contributed by atoms with van der Waals surface area (Å²) in [6.45, 7) is 8.36. The summed E-state index contributed by atoms with van der Waals surface area (Å²) in [5.74, 6) is -0.171. The molecule has 2 N–H and O–H groups in total. The lowest BCUT2D eigenvalue weighted by Gasteiger charge is -2.21. The topological polar surface area (TPSA) is 58.6 Å². The molecule has 1 aromatic carbocycles. The molecule has 0 saturated heterocycles. The maximum atomic E-state index is 11.9. The monoisotopic (exact) mass is 279 g/mol. The first-order valence-corrected chi connectivity index (χ1v) is 7.05. The largest absolute Gasteiger partial charge is 0.388 e. The molecule has 1 aromatic rings. The van der Waals surface area contributed by atoms with Gasteiger partial charge in [-0.3, -0.25) is 4.79 Å². The number of aliphatic hydroxyl groups is 1. The fraction of sp³-hybridized carbons (Fsp3) is 0.562. The van der Waals surface area contributed by atoms with Gasteiger partial charge in [0.05, 0.1) is 18.3 Å². The molecule has 0 aliphatic carbocycles. The quantitative estimate of drug-likeness (QED) is 0.806. The van der Waals surface area contributed by atoms with Gasteiger partial charge in [-0.25, -0.2) is 0 Å². The van der Waals surface area contributed by atoms with Crippen LogP contribution in [-0.4, -0.2) is 29.3 Å². The van der Waals surface area contributed by atoms with E-state index in [1.165, 1.54) is 0 Å². The molecule has 4 heteroatoms. The number of carbonyl (C=O) groups excluding carboxylic acids is 1. The Morgan fingerprint density at radius 2 is 1.95 bits per heavy atom. The lowest BCUT2D eigenvalue weighted by atomic mass is 10.0. The maximum absolute atomic E-state index is 11.9. The minimum atomic E-state index is -0.860. The van der Waals surface area contributed by atoms with Crippen molar-refractivity contribution in [3.8, 4) is 0 Å². The molecule has 20 heavy (non-hydrogen) atoms. The first kappa shape index (κ1) is 16.7. The molecule has 1 unspecified atom stereocenters. The van der Waals surface area contributed by atoms with Gasteiger partial charge in [0.15, 0.2) is 0 Å². The van der Waals surface area contributed by atoms with Gasteiger partial charge in [-0.1, -0.05) is 19.1 Å². The molecular formula is C16H25NO3. The molecule has 0 bridgehead atoms. The van der Waals surface area contributed by atoms with E-state index in [9.17, 15) is 9.90 Å². The van der Waals surface area contributed by atoms with Crippen molar-refractivity contribution in [1.82, 2.24) is 5.32 Å². The molecule has 112 valence electrons. The second-order valence-electron chi connectivity index (χ2n) is 5.59. The zero-order chi connectivity index (χ0) is 15.2. The van der Waals surface area contributed by atoms with Gasteiger partial charge in [-0.15, -0.1) is 0 Å². The third-order valence-corrected chi connectivity index (χ3v) is 3.19. The van der Waals surface area contributed by atoms with Gasteiger partial charge in [0.25, 0.3) is 5.91 Å². The van der Waals surface area contributed by atoms with Crippen LogP contribution in [0.4, 0.5) is 0 Å². The number of benzene rings is 1. The van der Waals surface area contributed by atoms with Crippen molar-refractivity contribution in [1.29, 1.82) is 0 Å². The Morgan fingerprint density at radius 3 is 2.45 bits per heavy atom. The van der Waals surface area contributed by atoms with E-state index in [0.29, 0.717) is 18.6 Å². The Kier molecular flexibility index (Phi) is 6.17. The van der Waals surface area contributed by atoms with Crippen LogP contribution in [0.1, 0.15) is 50.0 Å². The van der Waals surface area contributed by atoms with Crippen LogP contribution in [0.15, 0.2) is 24.3 Å². The third-order valence-electron chi connectivity index (χ3n) is 3.19. The van der Waals surface area contributed by atoms with Crippen LogP contribution >= 0.6 is 0 Å².